The van der Waals surface area contributed by atoms with Crippen LogP contribution in [0.3, 0.4) is 0 Å². The van der Waals surface area contributed by atoms with E-state index < -0.39 is 0 Å². The average Bonchev–Trinajstić information content (AvgIpc) is 2.83. The highest BCUT2D eigenvalue weighted by Gasteiger charge is 2.22. The second kappa shape index (κ2) is 9.84. The summed E-state index contributed by atoms with van der Waals surface area (Å²) in [6.07, 6.45) is 0. The average molecular weight is 419 g/mol. The van der Waals surface area contributed by atoms with Crippen molar-refractivity contribution in [3.8, 4) is 11.5 Å². The molecule has 1 heterocycles. The molecule has 1 aliphatic rings. The molecule has 31 heavy (non-hydrogen) atoms. The summed E-state index contributed by atoms with van der Waals surface area (Å²) in [7, 11) is 0. The summed E-state index contributed by atoms with van der Waals surface area (Å²) < 4.78 is 11.9. The van der Waals surface area contributed by atoms with Crippen LogP contribution >= 0.6 is 0 Å². The summed E-state index contributed by atoms with van der Waals surface area (Å²) in [6, 6.07) is 20.0. The molecule has 0 unspecified atom stereocenters. The molecule has 5 nitrogen and oxygen atoms in total. The Hall–Kier alpha value is -3.05. The van der Waals surface area contributed by atoms with Crippen molar-refractivity contribution >= 4 is 16.7 Å². The molecule has 0 saturated carbocycles. The monoisotopic (exact) mass is 418 g/mol. The number of fused-ring (bicyclic) bond motifs is 1. The Morgan fingerprint density at radius 3 is 2.39 bits per heavy atom. The third-order valence-corrected chi connectivity index (χ3v) is 5.83. The molecule has 0 spiro atoms. The van der Waals surface area contributed by atoms with Gasteiger partial charge in [-0.3, -0.25) is 4.79 Å². The minimum atomic E-state index is 0.0748. The summed E-state index contributed by atoms with van der Waals surface area (Å²) in [5.74, 6) is 1.63. The van der Waals surface area contributed by atoms with Crippen LogP contribution in [-0.4, -0.2) is 55.0 Å². The molecule has 1 amide bonds. The van der Waals surface area contributed by atoms with Crippen LogP contribution in [0.1, 0.15) is 29.8 Å². The van der Waals surface area contributed by atoms with Gasteiger partial charge in [0.15, 0.2) is 0 Å². The van der Waals surface area contributed by atoms with E-state index in [1.807, 2.05) is 54.3 Å². The van der Waals surface area contributed by atoms with E-state index >= 15 is 0 Å². The first-order valence-corrected chi connectivity index (χ1v) is 11.1. The topological polar surface area (TPSA) is 42.0 Å². The lowest BCUT2D eigenvalue weighted by Gasteiger charge is -2.34. The van der Waals surface area contributed by atoms with E-state index in [1.54, 1.807) is 0 Å². The lowest BCUT2D eigenvalue weighted by atomic mass is 10.1. The van der Waals surface area contributed by atoms with Crippen LogP contribution in [0, 0.1) is 0 Å². The van der Waals surface area contributed by atoms with Gasteiger partial charge in [0.1, 0.15) is 18.1 Å². The van der Waals surface area contributed by atoms with Gasteiger partial charge in [-0.1, -0.05) is 37.3 Å². The second-order valence-corrected chi connectivity index (χ2v) is 7.78. The van der Waals surface area contributed by atoms with Gasteiger partial charge in [0, 0.05) is 37.3 Å². The third kappa shape index (κ3) is 5.00. The molecular weight excluding hydrogens is 388 g/mol. The predicted octanol–water partition coefficient (Wildman–Crippen LogP) is 4.60. The zero-order valence-corrected chi connectivity index (χ0v) is 18.3. The fourth-order valence-electron chi connectivity index (χ4n) is 3.99. The number of piperazine rings is 1. The molecule has 0 radical (unpaired) electrons. The molecule has 3 aromatic carbocycles. The van der Waals surface area contributed by atoms with Crippen molar-refractivity contribution in [2.24, 2.45) is 0 Å². The zero-order chi connectivity index (χ0) is 21.6. The van der Waals surface area contributed by atoms with Crippen molar-refractivity contribution in [2.75, 3.05) is 39.3 Å². The first-order chi connectivity index (χ1) is 15.2. The summed E-state index contributed by atoms with van der Waals surface area (Å²) in [6.45, 7) is 9.45. The van der Waals surface area contributed by atoms with E-state index in [1.165, 1.54) is 5.39 Å². The number of hydrogen-bond acceptors (Lipinski definition) is 4. The van der Waals surface area contributed by atoms with Gasteiger partial charge < -0.3 is 19.3 Å². The Labute approximate surface area is 184 Å². The van der Waals surface area contributed by atoms with Gasteiger partial charge in [0.05, 0.1) is 6.61 Å². The molecule has 0 aromatic heterocycles. The van der Waals surface area contributed by atoms with Crippen molar-refractivity contribution in [3.63, 3.8) is 0 Å². The van der Waals surface area contributed by atoms with Crippen molar-refractivity contribution in [2.45, 2.75) is 20.5 Å². The number of carbonyl (C=O) groups excluding carboxylic acids is 1. The number of amides is 1. The van der Waals surface area contributed by atoms with Gasteiger partial charge in [-0.15, -0.1) is 0 Å². The lowest BCUT2D eigenvalue weighted by Crippen LogP contribution is -2.48. The summed E-state index contributed by atoms with van der Waals surface area (Å²) in [5, 5.41) is 2.32. The number of benzene rings is 3. The van der Waals surface area contributed by atoms with E-state index in [2.05, 4.69) is 30.0 Å². The minimum Gasteiger partial charge on any atom is -0.493 e. The standard InChI is InChI=1S/C26H30N2O3/c1-3-27-13-15-28(16-14-27)26(29)22-10-12-25(30-4-2)23(17-22)19-31-24-11-9-20-7-5-6-8-21(20)18-24/h5-12,17-18H,3-4,13-16,19H2,1-2H3. The molecule has 1 saturated heterocycles. The predicted molar refractivity (Wildman–Crippen MR) is 124 cm³/mol. The fraction of sp³-hybridized carbons (Fsp3) is 0.346. The molecule has 5 heteroatoms. The summed E-state index contributed by atoms with van der Waals surface area (Å²) in [5.41, 5.74) is 1.57. The molecule has 0 bridgehead atoms. The highest BCUT2D eigenvalue weighted by molar-refractivity contribution is 5.94. The van der Waals surface area contributed by atoms with E-state index in [4.69, 9.17) is 9.47 Å². The van der Waals surface area contributed by atoms with E-state index in [-0.39, 0.29) is 5.91 Å². The molecular formula is C26H30N2O3. The van der Waals surface area contributed by atoms with Crippen LogP contribution in [0.2, 0.25) is 0 Å². The summed E-state index contributed by atoms with van der Waals surface area (Å²) in [4.78, 5) is 17.4. The van der Waals surface area contributed by atoms with Crippen LogP contribution < -0.4 is 9.47 Å². The molecule has 0 atom stereocenters. The van der Waals surface area contributed by atoms with E-state index in [9.17, 15) is 4.79 Å². The van der Waals surface area contributed by atoms with Gasteiger partial charge in [0.2, 0.25) is 0 Å². The van der Waals surface area contributed by atoms with Gasteiger partial charge in [-0.05, 0) is 54.6 Å². The second-order valence-electron chi connectivity index (χ2n) is 7.78. The van der Waals surface area contributed by atoms with Gasteiger partial charge in [-0.25, -0.2) is 0 Å². The highest BCUT2D eigenvalue weighted by Crippen LogP contribution is 2.26. The van der Waals surface area contributed by atoms with Crippen molar-refractivity contribution in [1.29, 1.82) is 0 Å². The molecule has 0 N–H and O–H groups in total. The van der Waals surface area contributed by atoms with Crippen LogP contribution in [0.5, 0.6) is 11.5 Å². The lowest BCUT2D eigenvalue weighted by molar-refractivity contribution is 0.0643. The Bertz CT molecular complexity index is 1040. The molecule has 0 aliphatic carbocycles. The zero-order valence-electron chi connectivity index (χ0n) is 18.3. The number of hydrogen-bond donors (Lipinski definition) is 0. The highest BCUT2D eigenvalue weighted by atomic mass is 16.5. The third-order valence-electron chi connectivity index (χ3n) is 5.83. The molecule has 162 valence electrons. The number of rotatable bonds is 7. The molecule has 4 rings (SSSR count). The maximum atomic E-state index is 13.1. The Morgan fingerprint density at radius 2 is 1.65 bits per heavy atom. The maximum absolute atomic E-state index is 13.1. The number of likely N-dealkylation sites (N-methyl/N-ethyl adjacent to an activating group) is 1. The number of nitrogens with zero attached hydrogens (tertiary/aromatic N) is 2. The van der Waals surface area contributed by atoms with Crippen LogP contribution in [-0.2, 0) is 6.61 Å². The van der Waals surface area contributed by atoms with Gasteiger partial charge in [-0.2, -0.15) is 0 Å². The van der Waals surface area contributed by atoms with Gasteiger partial charge >= 0.3 is 0 Å². The van der Waals surface area contributed by atoms with E-state index in [0.717, 1.165) is 55.2 Å². The largest absolute Gasteiger partial charge is 0.493 e. The minimum absolute atomic E-state index is 0.0748. The SMILES string of the molecule is CCOc1ccc(C(=O)N2CCN(CC)CC2)cc1COc1ccc2ccccc2c1. The normalized spacial score (nSPS) is 14.6. The van der Waals surface area contributed by atoms with Crippen molar-refractivity contribution in [3.05, 3.63) is 71.8 Å². The quantitative estimate of drug-likeness (QED) is 0.563. The van der Waals surface area contributed by atoms with E-state index in [0.29, 0.717) is 18.8 Å². The maximum Gasteiger partial charge on any atom is 0.253 e. The first kappa shape index (κ1) is 21.2. The fourth-order valence-corrected chi connectivity index (χ4v) is 3.99. The van der Waals surface area contributed by atoms with Gasteiger partial charge in [0.25, 0.3) is 5.91 Å². The molecule has 1 fully saturated rings. The number of ether oxygens (including phenoxy) is 2. The Morgan fingerprint density at radius 1 is 0.871 bits per heavy atom. The Kier molecular flexibility index (Phi) is 6.73. The van der Waals surface area contributed by atoms with Crippen molar-refractivity contribution in [1.82, 2.24) is 9.80 Å². The van der Waals surface area contributed by atoms with Crippen LogP contribution in [0.15, 0.2) is 60.7 Å². The van der Waals surface area contributed by atoms with Crippen molar-refractivity contribution < 1.29 is 14.3 Å². The molecule has 3 aromatic rings. The van der Waals surface area contributed by atoms with Crippen LogP contribution in [0.25, 0.3) is 10.8 Å². The number of carbonyl (C=O) groups is 1. The molecule has 1 aliphatic heterocycles. The smallest absolute Gasteiger partial charge is 0.253 e. The van der Waals surface area contributed by atoms with Crippen LogP contribution in [0.4, 0.5) is 0 Å². The Balaban J connectivity index is 1.50. The first-order valence-electron chi connectivity index (χ1n) is 11.1. The summed E-state index contributed by atoms with van der Waals surface area (Å²) >= 11 is 0.